The molecule has 208 valence electrons. The van der Waals surface area contributed by atoms with Crippen molar-refractivity contribution in [3.63, 3.8) is 0 Å². The quantitative estimate of drug-likeness (QED) is 0.0848. The summed E-state index contributed by atoms with van der Waals surface area (Å²) < 4.78 is 16.6. The molecule has 0 saturated heterocycles. The Kier molecular flexibility index (Phi) is 14.9. The maximum atomic E-state index is 12.3. The van der Waals surface area contributed by atoms with E-state index in [-0.39, 0.29) is 5.97 Å². The molecule has 2 unspecified atom stereocenters. The SMILES string of the molecule is CCCCCCCCCCOc1ccc(/C=C/C(=O)Oc2ccc(C(=O)OCC(C)C(C)CC)cc2)cc1. The second-order valence-electron chi connectivity index (χ2n) is 10.1. The van der Waals surface area contributed by atoms with E-state index in [1.165, 1.54) is 51.0 Å². The van der Waals surface area contributed by atoms with Crippen molar-refractivity contribution in [3.8, 4) is 11.5 Å². The number of esters is 2. The van der Waals surface area contributed by atoms with Crippen LogP contribution in [0.15, 0.2) is 54.6 Å². The molecule has 2 rings (SSSR count). The van der Waals surface area contributed by atoms with Crippen molar-refractivity contribution in [2.45, 2.75) is 85.5 Å². The maximum Gasteiger partial charge on any atom is 0.338 e. The minimum Gasteiger partial charge on any atom is -0.494 e. The van der Waals surface area contributed by atoms with Crippen molar-refractivity contribution in [1.82, 2.24) is 0 Å². The van der Waals surface area contributed by atoms with Gasteiger partial charge >= 0.3 is 11.9 Å². The number of rotatable bonds is 18. The van der Waals surface area contributed by atoms with Crippen molar-refractivity contribution in [2.75, 3.05) is 13.2 Å². The van der Waals surface area contributed by atoms with Gasteiger partial charge in [0.05, 0.1) is 18.8 Å². The molecular weight excluding hydrogens is 476 g/mol. The normalized spacial score (nSPS) is 12.7. The fourth-order valence-electron chi connectivity index (χ4n) is 3.93. The Morgan fingerprint density at radius 1 is 0.763 bits per heavy atom. The molecule has 0 fully saturated rings. The minimum atomic E-state index is -0.488. The molecule has 0 aliphatic heterocycles. The molecule has 0 spiro atoms. The van der Waals surface area contributed by atoms with Gasteiger partial charge in [-0.25, -0.2) is 9.59 Å². The van der Waals surface area contributed by atoms with E-state index in [0.717, 1.165) is 30.8 Å². The third-order valence-electron chi connectivity index (χ3n) is 6.96. The highest BCUT2D eigenvalue weighted by Gasteiger charge is 2.14. The fraction of sp³-hybridized carbons (Fsp3) is 0.515. The molecule has 38 heavy (non-hydrogen) atoms. The number of ether oxygens (including phenoxy) is 3. The predicted molar refractivity (Wildman–Crippen MR) is 155 cm³/mol. The second-order valence-corrected chi connectivity index (χ2v) is 10.1. The third-order valence-corrected chi connectivity index (χ3v) is 6.96. The average molecular weight is 523 g/mol. The van der Waals surface area contributed by atoms with Crippen LogP contribution in [-0.2, 0) is 9.53 Å². The van der Waals surface area contributed by atoms with Crippen molar-refractivity contribution < 1.29 is 23.8 Å². The van der Waals surface area contributed by atoms with Crippen LogP contribution in [-0.4, -0.2) is 25.2 Å². The van der Waals surface area contributed by atoms with Gasteiger partial charge in [-0.05, 0) is 66.3 Å². The average Bonchev–Trinajstić information content (AvgIpc) is 2.94. The maximum absolute atomic E-state index is 12.3. The number of unbranched alkanes of at least 4 members (excludes halogenated alkanes) is 7. The zero-order valence-corrected chi connectivity index (χ0v) is 23.7. The number of benzene rings is 2. The van der Waals surface area contributed by atoms with Gasteiger partial charge in [-0.3, -0.25) is 0 Å². The van der Waals surface area contributed by atoms with Crippen LogP contribution in [0, 0.1) is 11.8 Å². The highest BCUT2D eigenvalue weighted by atomic mass is 16.5. The first-order chi connectivity index (χ1) is 18.4. The first-order valence-electron chi connectivity index (χ1n) is 14.3. The van der Waals surface area contributed by atoms with Gasteiger partial charge in [0, 0.05) is 6.08 Å². The summed E-state index contributed by atoms with van der Waals surface area (Å²) in [5.41, 5.74) is 1.31. The zero-order chi connectivity index (χ0) is 27.6. The summed E-state index contributed by atoms with van der Waals surface area (Å²) in [4.78, 5) is 24.5. The molecule has 0 N–H and O–H groups in total. The van der Waals surface area contributed by atoms with E-state index in [9.17, 15) is 9.59 Å². The molecule has 0 radical (unpaired) electrons. The van der Waals surface area contributed by atoms with Crippen molar-refractivity contribution in [2.24, 2.45) is 11.8 Å². The Morgan fingerprint density at radius 2 is 1.37 bits per heavy atom. The van der Waals surface area contributed by atoms with E-state index in [1.807, 2.05) is 24.3 Å². The lowest BCUT2D eigenvalue weighted by molar-refractivity contribution is -0.128. The molecule has 5 heteroatoms. The summed E-state index contributed by atoms with van der Waals surface area (Å²) in [5.74, 6) is 1.14. The van der Waals surface area contributed by atoms with Crippen molar-refractivity contribution in [1.29, 1.82) is 0 Å². The highest BCUT2D eigenvalue weighted by molar-refractivity contribution is 5.90. The third kappa shape index (κ3) is 12.4. The molecule has 0 bridgehead atoms. The topological polar surface area (TPSA) is 61.8 Å². The van der Waals surface area contributed by atoms with Gasteiger partial charge in [-0.1, -0.05) is 91.2 Å². The van der Waals surface area contributed by atoms with E-state index in [2.05, 4.69) is 27.7 Å². The van der Waals surface area contributed by atoms with E-state index in [0.29, 0.717) is 29.8 Å². The molecule has 0 aromatic heterocycles. The number of hydrogen-bond acceptors (Lipinski definition) is 5. The van der Waals surface area contributed by atoms with E-state index in [4.69, 9.17) is 14.2 Å². The van der Waals surface area contributed by atoms with E-state index < -0.39 is 5.97 Å². The molecule has 5 nitrogen and oxygen atoms in total. The lowest BCUT2D eigenvalue weighted by atomic mass is 9.94. The predicted octanol–water partition coefficient (Wildman–Crippen LogP) is 8.66. The molecule has 0 saturated carbocycles. The summed E-state index contributed by atoms with van der Waals surface area (Å²) >= 11 is 0. The Bertz CT molecular complexity index is 962. The number of carbonyl (C=O) groups is 2. The number of carbonyl (C=O) groups excluding carboxylic acids is 2. The van der Waals surface area contributed by atoms with Gasteiger partial charge in [0.1, 0.15) is 11.5 Å². The lowest BCUT2D eigenvalue weighted by Gasteiger charge is -2.17. The Hall–Kier alpha value is -3.08. The summed E-state index contributed by atoms with van der Waals surface area (Å²) in [6, 6.07) is 14.1. The highest BCUT2D eigenvalue weighted by Crippen LogP contribution is 2.18. The monoisotopic (exact) mass is 522 g/mol. The van der Waals surface area contributed by atoms with E-state index >= 15 is 0 Å². The number of hydrogen-bond donors (Lipinski definition) is 0. The van der Waals surface area contributed by atoms with Crippen LogP contribution in [0.25, 0.3) is 6.08 Å². The van der Waals surface area contributed by atoms with E-state index in [1.54, 1.807) is 30.3 Å². The lowest BCUT2D eigenvalue weighted by Crippen LogP contribution is -2.17. The Balaban J connectivity index is 1.69. The van der Waals surface area contributed by atoms with Crippen LogP contribution >= 0.6 is 0 Å². The van der Waals surface area contributed by atoms with Crippen LogP contribution in [0.3, 0.4) is 0 Å². The molecule has 2 aromatic carbocycles. The molecule has 0 aliphatic rings. The summed E-state index contributed by atoms with van der Waals surface area (Å²) in [7, 11) is 0. The minimum absolute atomic E-state index is 0.305. The van der Waals surface area contributed by atoms with Gasteiger partial charge in [-0.15, -0.1) is 0 Å². The van der Waals surface area contributed by atoms with Gasteiger partial charge in [-0.2, -0.15) is 0 Å². The smallest absolute Gasteiger partial charge is 0.338 e. The van der Waals surface area contributed by atoms with Gasteiger partial charge < -0.3 is 14.2 Å². The molecule has 0 aliphatic carbocycles. The molecule has 0 amide bonds. The summed E-state index contributed by atoms with van der Waals surface area (Å²) in [6.45, 7) is 9.72. The fourth-order valence-corrected chi connectivity index (χ4v) is 3.93. The summed E-state index contributed by atoms with van der Waals surface area (Å²) in [5, 5.41) is 0. The van der Waals surface area contributed by atoms with Gasteiger partial charge in [0.2, 0.25) is 0 Å². The van der Waals surface area contributed by atoms with Crippen LogP contribution in [0.4, 0.5) is 0 Å². The molecule has 0 heterocycles. The largest absolute Gasteiger partial charge is 0.494 e. The Morgan fingerprint density at radius 3 is 2.00 bits per heavy atom. The molecule has 2 atom stereocenters. The zero-order valence-electron chi connectivity index (χ0n) is 23.7. The standard InChI is InChI=1S/C33H46O5/c1-5-7-8-9-10-11-12-13-24-36-30-19-14-28(15-20-30)16-23-32(34)38-31-21-17-29(18-22-31)33(35)37-25-27(4)26(3)6-2/h14-23,26-27H,5-13,24-25H2,1-4H3/b23-16+. The Labute approximate surface area is 229 Å². The van der Waals surface area contributed by atoms with Crippen LogP contribution in [0.2, 0.25) is 0 Å². The molecule has 2 aromatic rings. The van der Waals surface area contributed by atoms with Crippen molar-refractivity contribution >= 4 is 18.0 Å². The van der Waals surface area contributed by atoms with Crippen LogP contribution in [0.1, 0.15) is 101 Å². The first-order valence-corrected chi connectivity index (χ1v) is 14.3. The van der Waals surface area contributed by atoms with Crippen LogP contribution in [0.5, 0.6) is 11.5 Å². The van der Waals surface area contributed by atoms with Crippen molar-refractivity contribution in [3.05, 3.63) is 65.7 Å². The molecular formula is C33H46O5. The van der Waals surface area contributed by atoms with Crippen LogP contribution < -0.4 is 9.47 Å². The second kappa shape index (κ2) is 18.2. The van der Waals surface area contributed by atoms with Gasteiger partial charge in [0.15, 0.2) is 0 Å². The summed E-state index contributed by atoms with van der Waals surface area (Å²) in [6.07, 6.45) is 14.4. The van der Waals surface area contributed by atoms with Gasteiger partial charge in [0.25, 0.3) is 0 Å². The first kappa shape index (κ1) is 31.1.